The van der Waals surface area contributed by atoms with Crippen LogP contribution in [0, 0.1) is 11.8 Å². The second-order valence-corrected chi connectivity index (χ2v) is 2.95. The number of rotatable bonds is 0. The standard InChI is InChI=1S/C8H14O/c1-6-4-3-5-8(9)7(6)2/h3-4,6-9H,5H2,1-2H3. The molecule has 0 aromatic carbocycles. The van der Waals surface area contributed by atoms with Crippen molar-refractivity contribution < 1.29 is 5.11 Å². The summed E-state index contributed by atoms with van der Waals surface area (Å²) < 4.78 is 0. The fourth-order valence-electron chi connectivity index (χ4n) is 1.17. The Balaban J connectivity index is 2.58. The van der Waals surface area contributed by atoms with Gasteiger partial charge in [-0.1, -0.05) is 26.0 Å². The van der Waals surface area contributed by atoms with Gasteiger partial charge in [-0.15, -0.1) is 0 Å². The Morgan fingerprint density at radius 3 is 2.56 bits per heavy atom. The normalized spacial score (nSPS) is 43.2. The maximum Gasteiger partial charge on any atom is 0.0605 e. The zero-order valence-electron chi connectivity index (χ0n) is 6.04. The van der Waals surface area contributed by atoms with Crippen LogP contribution in [0.2, 0.25) is 0 Å². The van der Waals surface area contributed by atoms with Crippen molar-refractivity contribution in [2.45, 2.75) is 26.4 Å². The van der Waals surface area contributed by atoms with Gasteiger partial charge in [0.25, 0.3) is 0 Å². The van der Waals surface area contributed by atoms with Crippen molar-refractivity contribution in [2.24, 2.45) is 11.8 Å². The van der Waals surface area contributed by atoms with E-state index in [1.54, 1.807) is 0 Å². The van der Waals surface area contributed by atoms with Gasteiger partial charge in [0.05, 0.1) is 6.10 Å². The second-order valence-electron chi connectivity index (χ2n) is 2.95. The van der Waals surface area contributed by atoms with Crippen molar-refractivity contribution in [1.82, 2.24) is 0 Å². The summed E-state index contributed by atoms with van der Waals surface area (Å²) in [5, 5.41) is 9.30. The van der Waals surface area contributed by atoms with Gasteiger partial charge in [0, 0.05) is 0 Å². The first-order chi connectivity index (χ1) is 4.22. The van der Waals surface area contributed by atoms with E-state index in [1.807, 2.05) is 0 Å². The van der Waals surface area contributed by atoms with Crippen molar-refractivity contribution in [3.63, 3.8) is 0 Å². The van der Waals surface area contributed by atoms with Crippen molar-refractivity contribution in [3.8, 4) is 0 Å². The maximum absolute atomic E-state index is 9.30. The molecule has 52 valence electrons. The molecule has 0 bridgehead atoms. The summed E-state index contributed by atoms with van der Waals surface area (Å²) in [6, 6.07) is 0. The van der Waals surface area contributed by atoms with Gasteiger partial charge in [-0.3, -0.25) is 0 Å². The van der Waals surface area contributed by atoms with Crippen molar-refractivity contribution in [3.05, 3.63) is 12.2 Å². The third kappa shape index (κ3) is 1.33. The molecule has 3 atom stereocenters. The van der Waals surface area contributed by atoms with Crippen LogP contribution in [0.15, 0.2) is 12.2 Å². The van der Waals surface area contributed by atoms with E-state index in [1.165, 1.54) is 0 Å². The van der Waals surface area contributed by atoms with Gasteiger partial charge >= 0.3 is 0 Å². The van der Waals surface area contributed by atoms with Crippen LogP contribution in [0.4, 0.5) is 0 Å². The van der Waals surface area contributed by atoms with Crippen LogP contribution in [0.25, 0.3) is 0 Å². The molecule has 0 aromatic rings. The summed E-state index contributed by atoms with van der Waals surface area (Å²) >= 11 is 0. The minimum Gasteiger partial charge on any atom is -0.393 e. The SMILES string of the molecule is CC1C=CCC(O)C1C. The van der Waals surface area contributed by atoms with Crippen LogP contribution >= 0.6 is 0 Å². The van der Waals surface area contributed by atoms with Gasteiger partial charge < -0.3 is 5.11 Å². The first-order valence-corrected chi connectivity index (χ1v) is 3.56. The van der Waals surface area contributed by atoms with Crippen molar-refractivity contribution in [2.75, 3.05) is 0 Å². The maximum atomic E-state index is 9.30. The Bertz CT molecular complexity index is 118. The second kappa shape index (κ2) is 2.53. The molecule has 9 heavy (non-hydrogen) atoms. The zero-order valence-corrected chi connectivity index (χ0v) is 6.04. The minimum atomic E-state index is -0.106. The molecule has 1 aliphatic carbocycles. The smallest absolute Gasteiger partial charge is 0.0605 e. The molecule has 0 fully saturated rings. The molecule has 0 heterocycles. The van der Waals surface area contributed by atoms with E-state index < -0.39 is 0 Å². The lowest BCUT2D eigenvalue weighted by Crippen LogP contribution is -2.24. The van der Waals surface area contributed by atoms with Crippen LogP contribution < -0.4 is 0 Å². The molecular formula is C8H14O. The molecule has 1 rings (SSSR count). The predicted molar refractivity (Wildman–Crippen MR) is 38.1 cm³/mol. The van der Waals surface area contributed by atoms with Crippen LogP contribution in [0.1, 0.15) is 20.3 Å². The average molecular weight is 126 g/mol. The van der Waals surface area contributed by atoms with Gasteiger partial charge in [0.15, 0.2) is 0 Å². The largest absolute Gasteiger partial charge is 0.393 e. The van der Waals surface area contributed by atoms with E-state index in [9.17, 15) is 5.11 Å². The molecule has 0 saturated heterocycles. The fourth-order valence-corrected chi connectivity index (χ4v) is 1.17. The lowest BCUT2D eigenvalue weighted by Gasteiger charge is -2.25. The van der Waals surface area contributed by atoms with Crippen molar-refractivity contribution >= 4 is 0 Å². The molecule has 1 N–H and O–H groups in total. The van der Waals surface area contributed by atoms with E-state index in [0.717, 1.165) is 6.42 Å². The number of aliphatic hydroxyl groups excluding tert-OH is 1. The highest BCUT2D eigenvalue weighted by atomic mass is 16.3. The average Bonchev–Trinajstić information content (AvgIpc) is 1.83. The van der Waals surface area contributed by atoms with Gasteiger partial charge in [-0.25, -0.2) is 0 Å². The van der Waals surface area contributed by atoms with E-state index in [0.29, 0.717) is 11.8 Å². The first kappa shape index (κ1) is 6.81. The molecule has 0 aromatic heterocycles. The number of hydrogen-bond acceptors (Lipinski definition) is 1. The molecule has 1 heteroatoms. The van der Waals surface area contributed by atoms with Crippen LogP contribution in [-0.4, -0.2) is 11.2 Å². The molecule has 3 unspecified atom stereocenters. The van der Waals surface area contributed by atoms with Gasteiger partial charge in [-0.2, -0.15) is 0 Å². The zero-order chi connectivity index (χ0) is 6.85. The third-order valence-electron chi connectivity index (χ3n) is 2.25. The number of allylic oxidation sites excluding steroid dienone is 1. The molecule has 1 aliphatic rings. The first-order valence-electron chi connectivity index (χ1n) is 3.56. The highest BCUT2D eigenvalue weighted by Crippen LogP contribution is 2.23. The monoisotopic (exact) mass is 126 g/mol. The Hall–Kier alpha value is -0.300. The topological polar surface area (TPSA) is 20.2 Å². The lowest BCUT2D eigenvalue weighted by molar-refractivity contribution is 0.0940. The van der Waals surface area contributed by atoms with Crippen LogP contribution in [0.3, 0.4) is 0 Å². The summed E-state index contributed by atoms with van der Waals surface area (Å²) in [5.74, 6) is 0.990. The van der Waals surface area contributed by atoms with Gasteiger partial charge in [-0.05, 0) is 18.3 Å². The predicted octanol–water partition coefficient (Wildman–Crippen LogP) is 1.58. The van der Waals surface area contributed by atoms with E-state index in [4.69, 9.17) is 0 Å². The minimum absolute atomic E-state index is 0.106. The highest BCUT2D eigenvalue weighted by molar-refractivity contribution is 4.97. The van der Waals surface area contributed by atoms with Crippen LogP contribution in [0.5, 0.6) is 0 Å². The van der Waals surface area contributed by atoms with E-state index in [2.05, 4.69) is 26.0 Å². The summed E-state index contributed by atoms with van der Waals surface area (Å²) in [6.07, 6.45) is 4.98. The summed E-state index contributed by atoms with van der Waals surface area (Å²) in [7, 11) is 0. The third-order valence-corrected chi connectivity index (χ3v) is 2.25. The summed E-state index contributed by atoms with van der Waals surface area (Å²) in [5.41, 5.74) is 0. The number of aliphatic hydroxyl groups is 1. The van der Waals surface area contributed by atoms with Crippen molar-refractivity contribution in [1.29, 1.82) is 0 Å². The Labute approximate surface area is 56.4 Å². The van der Waals surface area contributed by atoms with Gasteiger partial charge in [0.2, 0.25) is 0 Å². The Kier molecular flexibility index (Phi) is 1.91. The molecule has 0 amide bonds. The summed E-state index contributed by atoms with van der Waals surface area (Å²) in [6.45, 7) is 4.24. The van der Waals surface area contributed by atoms with E-state index >= 15 is 0 Å². The fraction of sp³-hybridized carbons (Fsp3) is 0.750. The lowest BCUT2D eigenvalue weighted by atomic mass is 9.85. The van der Waals surface area contributed by atoms with E-state index in [-0.39, 0.29) is 6.10 Å². The Morgan fingerprint density at radius 2 is 2.11 bits per heavy atom. The molecular weight excluding hydrogens is 112 g/mol. The molecule has 0 spiro atoms. The van der Waals surface area contributed by atoms with Gasteiger partial charge in [0.1, 0.15) is 0 Å². The molecule has 0 radical (unpaired) electrons. The quantitative estimate of drug-likeness (QED) is 0.488. The highest BCUT2D eigenvalue weighted by Gasteiger charge is 2.20. The molecule has 1 nitrogen and oxygen atoms in total. The summed E-state index contributed by atoms with van der Waals surface area (Å²) in [4.78, 5) is 0. The number of hydrogen-bond donors (Lipinski definition) is 1. The molecule has 0 aliphatic heterocycles. The Morgan fingerprint density at radius 1 is 1.44 bits per heavy atom. The van der Waals surface area contributed by atoms with Crippen LogP contribution in [-0.2, 0) is 0 Å². The molecule has 0 saturated carbocycles.